The van der Waals surface area contributed by atoms with Crippen LogP contribution in [0.3, 0.4) is 0 Å². The van der Waals surface area contributed by atoms with Gasteiger partial charge in [-0.3, -0.25) is 9.89 Å². The van der Waals surface area contributed by atoms with Crippen molar-refractivity contribution in [3.05, 3.63) is 51.9 Å². The summed E-state index contributed by atoms with van der Waals surface area (Å²) in [7, 11) is 0. The normalized spacial score (nSPS) is 11.1. The third-order valence-corrected chi connectivity index (χ3v) is 6.54. The highest BCUT2D eigenvalue weighted by Crippen LogP contribution is 2.18. The Morgan fingerprint density at radius 1 is 0.964 bits per heavy atom. The lowest BCUT2D eigenvalue weighted by atomic mass is 10.1. The minimum Gasteiger partial charge on any atom is -0.295 e. The van der Waals surface area contributed by atoms with Crippen LogP contribution in [-0.2, 0) is 0 Å². The average molecular weight is 419 g/mol. The molecule has 0 saturated heterocycles. The number of para-hydroxylation sites is 1. The van der Waals surface area contributed by atoms with E-state index in [1.54, 1.807) is 16.4 Å². The molecule has 0 aliphatic rings. The first-order valence-electron chi connectivity index (χ1n) is 10.7. The standard InChI is InChI=1S/C23H34N2OS2/c1-3-4-5-6-7-8-9-10-11-15-18-28-23(27)21-19(2)24-25(22(21)26)20-16-13-12-14-17-20/h12-14,16-17,24H,3-11,15,18H2,1-2H3. The van der Waals surface area contributed by atoms with E-state index >= 15 is 0 Å². The summed E-state index contributed by atoms with van der Waals surface area (Å²) in [4.78, 5) is 12.8. The number of nitrogens with zero attached hydrogens (tertiary/aromatic N) is 1. The fourth-order valence-corrected chi connectivity index (χ4v) is 4.78. The van der Waals surface area contributed by atoms with Gasteiger partial charge >= 0.3 is 0 Å². The van der Waals surface area contributed by atoms with Crippen molar-refractivity contribution in [1.82, 2.24) is 9.78 Å². The number of benzene rings is 1. The molecule has 1 heterocycles. The number of hydrogen-bond acceptors (Lipinski definition) is 3. The lowest BCUT2D eigenvalue weighted by Gasteiger charge is -2.03. The fourth-order valence-electron chi connectivity index (χ4n) is 3.37. The average Bonchev–Trinajstić information content (AvgIpc) is 3.01. The molecule has 0 unspecified atom stereocenters. The number of aromatic amines is 1. The summed E-state index contributed by atoms with van der Waals surface area (Å²) in [6.45, 7) is 4.18. The van der Waals surface area contributed by atoms with Crippen LogP contribution in [0.5, 0.6) is 0 Å². The molecule has 5 heteroatoms. The predicted molar refractivity (Wildman–Crippen MR) is 127 cm³/mol. The largest absolute Gasteiger partial charge is 0.295 e. The molecule has 0 saturated carbocycles. The molecular formula is C23H34N2OS2. The van der Waals surface area contributed by atoms with Crippen LogP contribution in [0.2, 0.25) is 0 Å². The van der Waals surface area contributed by atoms with Gasteiger partial charge in [-0.2, -0.15) is 0 Å². The summed E-state index contributed by atoms with van der Waals surface area (Å²) >= 11 is 7.20. The number of rotatable bonds is 13. The summed E-state index contributed by atoms with van der Waals surface area (Å²) in [6, 6.07) is 9.63. The van der Waals surface area contributed by atoms with Crippen LogP contribution < -0.4 is 5.56 Å². The number of aryl methyl sites for hydroxylation is 1. The van der Waals surface area contributed by atoms with Gasteiger partial charge in [0.1, 0.15) is 0 Å². The van der Waals surface area contributed by atoms with Gasteiger partial charge in [0.05, 0.1) is 15.4 Å². The topological polar surface area (TPSA) is 37.8 Å². The van der Waals surface area contributed by atoms with Crippen molar-refractivity contribution < 1.29 is 0 Å². The van der Waals surface area contributed by atoms with Crippen LogP contribution >= 0.6 is 24.0 Å². The molecule has 2 aromatic rings. The summed E-state index contributed by atoms with van der Waals surface area (Å²) in [5.74, 6) is 0.991. The Hall–Kier alpha value is -1.33. The lowest BCUT2D eigenvalue weighted by Crippen LogP contribution is -2.19. The van der Waals surface area contributed by atoms with E-state index in [1.807, 2.05) is 37.3 Å². The molecule has 28 heavy (non-hydrogen) atoms. The molecule has 154 valence electrons. The maximum Gasteiger partial charge on any atom is 0.280 e. The number of thiocarbonyl (C=S) groups is 1. The zero-order chi connectivity index (χ0) is 20.2. The van der Waals surface area contributed by atoms with Gasteiger partial charge in [0, 0.05) is 5.69 Å². The first-order chi connectivity index (χ1) is 13.6. The highest BCUT2D eigenvalue weighted by atomic mass is 32.2. The molecule has 0 bridgehead atoms. The van der Waals surface area contributed by atoms with E-state index in [2.05, 4.69) is 12.0 Å². The number of hydrogen-bond donors (Lipinski definition) is 1. The van der Waals surface area contributed by atoms with Crippen LogP contribution in [0, 0.1) is 6.92 Å². The molecule has 0 aliphatic carbocycles. The molecule has 0 aliphatic heterocycles. The molecule has 1 N–H and O–H groups in total. The molecule has 3 nitrogen and oxygen atoms in total. The zero-order valence-electron chi connectivity index (χ0n) is 17.3. The third-order valence-electron chi connectivity index (χ3n) is 5.02. The van der Waals surface area contributed by atoms with Gasteiger partial charge in [0.25, 0.3) is 5.56 Å². The van der Waals surface area contributed by atoms with E-state index in [9.17, 15) is 4.79 Å². The molecule has 0 atom stereocenters. The molecular weight excluding hydrogens is 384 g/mol. The number of aromatic nitrogens is 2. The van der Waals surface area contributed by atoms with Crippen LogP contribution in [0.1, 0.15) is 82.4 Å². The Balaban J connectivity index is 1.69. The van der Waals surface area contributed by atoms with Gasteiger partial charge in [-0.15, -0.1) is 11.8 Å². The molecule has 1 aromatic carbocycles. The SMILES string of the molecule is CCCCCCCCCCCCSC(=S)c1c(C)[nH]n(-c2ccccc2)c1=O. The maximum atomic E-state index is 12.8. The second-order valence-electron chi connectivity index (χ2n) is 7.41. The third kappa shape index (κ3) is 7.25. The Bertz CT molecular complexity index is 765. The second kappa shape index (κ2) is 13.0. The van der Waals surface area contributed by atoms with Gasteiger partial charge in [0.15, 0.2) is 0 Å². The number of H-pyrrole nitrogens is 1. The minimum atomic E-state index is -0.0516. The van der Waals surface area contributed by atoms with Crippen molar-refractivity contribution >= 4 is 28.2 Å². The molecule has 2 rings (SSSR count). The monoisotopic (exact) mass is 418 g/mol. The minimum absolute atomic E-state index is 0.0516. The summed E-state index contributed by atoms with van der Waals surface area (Å²) < 4.78 is 2.29. The highest BCUT2D eigenvalue weighted by molar-refractivity contribution is 8.23. The quantitative estimate of drug-likeness (QED) is 0.287. The van der Waals surface area contributed by atoms with E-state index in [0.717, 1.165) is 23.6 Å². The number of nitrogens with one attached hydrogen (secondary N) is 1. The fraction of sp³-hybridized carbons (Fsp3) is 0.565. The van der Waals surface area contributed by atoms with Gasteiger partial charge in [0.2, 0.25) is 0 Å². The lowest BCUT2D eigenvalue weighted by molar-refractivity contribution is 0.563. The van der Waals surface area contributed by atoms with E-state index in [-0.39, 0.29) is 5.56 Å². The van der Waals surface area contributed by atoms with Crippen LogP contribution in [0.25, 0.3) is 5.69 Å². The van der Waals surface area contributed by atoms with E-state index < -0.39 is 0 Å². The maximum absolute atomic E-state index is 12.8. The smallest absolute Gasteiger partial charge is 0.280 e. The summed E-state index contributed by atoms with van der Waals surface area (Å²) in [6.07, 6.45) is 13.3. The van der Waals surface area contributed by atoms with Crippen molar-refractivity contribution in [1.29, 1.82) is 0 Å². The van der Waals surface area contributed by atoms with Gasteiger partial charge in [-0.25, -0.2) is 4.68 Å². The zero-order valence-corrected chi connectivity index (χ0v) is 19.0. The Labute approximate surface area is 179 Å². The summed E-state index contributed by atoms with van der Waals surface area (Å²) in [5, 5.41) is 3.16. The van der Waals surface area contributed by atoms with E-state index in [1.165, 1.54) is 57.8 Å². The second-order valence-corrected chi connectivity index (χ2v) is 9.18. The Morgan fingerprint density at radius 2 is 1.54 bits per heavy atom. The van der Waals surface area contributed by atoms with Gasteiger partial charge in [-0.05, 0) is 31.2 Å². The Kier molecular flexibility index (Phi) is 10.7. The number of thioether (sulfide) groups is 1. The summed E-state index contributed by atoms with van der Waals surface area (Å²) in [5.41, 5.74) is 2.28. The molecule has 0 radical (unpaired) electrons. The van der Waals surface area contributed by atoms with Gasteiger partial charge < -0.3 is 0 Å². The molecule has 0 fully saturated rings. The Morgan fingerprint density at radius 3 is 2.14 bits per heavy atom. The van der Waals surface area contributed by atoms with Gasteiger partial charge in [-0.1, -0.05) is 95.1 Å². The van der Waals surface area contributed by atoms with Crippen LogP contribution in [0.15, 0.2) is 35.1 Å². The predicted octanol–water partition coefficient (Wildman–Crippen LogP) is 6.80. The molecule has 0 spiro atoms. The molecule has 1 aromatic heterocycles. The van der Waals surface area contributed by atoms with Crippen molar-refractivity contribution in [3.63, 3.8) is 0 Å². The highest BCUT2D eigenvalue weighted by Gasteiger charge is 2.16. The van der Waals surface area contributed by atoms with Crippen molar-refractivity contribution in [2.24, 2.45) is 0 Å². The van der Waals surface area contributed by atoms with E-state index in [4.69, 9.17) is 12.2 Å². The van der Waals surface area contributed by atoms with E-state index in [0.29, 0.717) is 9.76 Å². The number of unbranched alkanes of at least 4 members (excludes halogenated alkanes) is 9. The van der Waals surface area contributed by atoms with Crippen LogP contribution in [0.4, 0.5) is 0 Å². The van der Waals surface area contributed by atoms with Crippen molar-refractivity contribution in [2.45, 2.75) is 78.1 Å². The first-order valence-corrected chi connectivity index (χ1v) is 12.1. The van der Waals surface area contributed by atoms with Crippen LogP contribution in [-0.4, -0.2) is 19.7 Å². The molecule has 0 amide bonds. The van der Waals surface area contributed by atoms with Crippen molar-refractivity contribution in [2.75, 3.05) is 5.75 Å². The van der Waals surface area contributed by atoms with Crippen molar-refractivity contribution in [3.8, 4) is 5.69 Å². The first kappa shape index (κ1) is 23.0.